The van der Waals surface area contributed by atoms with Gasteiger partial charge in [-0.15, -0.1) is 0 Å². The number of fused-ring (bicyclic) bond motifs is 1. The van der Waals surface area contributed by atoms with Crippen LogP contribution in [0.2, 0.25) is 0 Å². The number of carbonyl (C=O) groups excluding carboxylic acids is 1. The second-order valence-corrected chi connectivity index (χ2v) is 6.76. The largest absolute Gasteiger partial charge is 0.351 e. The minimum atomic E-state index is -0.258. The summed E-state index contributed by atoms with van der Waals surface area (Å²) in [6, 6.07) is 6.86. The van der Waals surface area contributed by atoms with Gasteiger partial charge in [0.15, 0.2) is 5.78 Å². The second-order valence-electron chi connectivity index (χ2n) is 6.76. The molecule has 0 bridgehead atoms. The highest BCUT2D eigenvalue weighted by molar-refractivity contribution is 5.98. The van der Waals surface area contributed by atoms with Crippen molar-refractivity contribution in [3.63, 3.8) is 0 Å². The van der Waals surface area contributed by atoms with E-state index in [1.807, 2.05) is 0 Å². The molecule has 1 saturated carbocycles. The molecule has 1 N–H and O–H groups in total. The third kappa shape index (κ3) is 3.03. The molecule has 2 aliphatic rings. The molecule has 1 atom stereocenters. The maximum absolute atomic E-state index is 13.1. The van der Waals surface area contributed by atoms with Crippen LogP contribution in [-0.4, -0.2) is 21.8 Å². The van der Waals surface area contributed by atoms with E-state index in [-0.39, 0.29) is 17.5 Å². The van der Waals surface area contributed by atoms with Crippen LogP contribution >= 0.6 is 0 Å². The van der Waals surface area contributed by atoms with Crippen molar-refractivity contribution >= 4 is 11.7 Å². The molecule has 124 valence electrons. The van der Waals surface area contributed by atoms with Crippen LogP contribution in [0, 0.1) is 5.82 Å². The fraction of sp³-hybridized carbons (Fsp3) is 0.421. The summed E-state index contributed by atoms with van der Waals surface area (Å²) < 4.78 is 13.1. The summed E-state index contributed by atoms with van der Waals surface area (Å²) in [6.45, 7) is 0. The van der Waals surface area contributed by atoms with E-state index in [0.717, 1.165) is 24.1 Å². The van der Waals surface area contributed by atoms with E-state index < -0.39 is 0 Å². The summed E-state index contributed by atoms with van der Waals surface area (Å²) in [4.78, 5) is 21.3. The fourth-order valence-electron chi connectivity index (χ4n) is 3.74. The van der Waals surface area contributed by atoms with Crippen molar-refractivity contribution in [2.24, 2.45) is 0 Å². The quantitative estimate of drug-likeness (QED) is 0.930. The van der Waals surface area contributed by atoms with Crippen molar-refractivity contribution in [1.29, 1.82) is 0 Å². The van der Waals surface area contributed by atoms with Crippen molar-refractivity contribution in [2.45, 2.75) is 50.5 Å². The van der Waals surface area contributed by atoms with E-state index in [1.54, 1.807) is 18.3 Å². The molecule has 2 aromatic rings. The van der Waals surface area contributed by atoms with Crippen LogP contribution in [0.1, 0.15) is 59.6 Å². The smallest absolute Gasteiger partial charge is 0.223 e. The van der Waals surface area contributed by atoms with Gasteiger partial charge in [-0.25, -0.2) is 14.4 Å². The summed E-state index contributed by atoms with van der Waals surface area (Å²) in [6.07, 6.45) is 7.56. The van der Waals surface area contributed by atoms with Gasteiger partial charge >= 0.3 is 0 Å². The lowest BCUT2D eigenvalue weighted by atomic mass is 9.82. The first-order chi connectivity index (χ1) is 11.7. The van der Waals surface area contributed by atoms with Crippen LogP contribution in [0.4, 0.5) is 10.3 Å². The van der Waals surface area contributed by atoms with Gasteiger partial charge < -0.3 is 5.32 Å². The summed E-state index contributed by atoms with van der Waals surface area (Å²) in [7, 11) is 0. The van der Waals surface area contributed by atoms with Gasteiger partial charge in [-0.3, -0.25) is 4.79 Å². The molecule has 0 amide bonds. The average Bonchev–Trinajstić information content (AvgIpc) is 3.08. The Morgan fingerprint density at radius 3 is 2.58 bits per heavy atom. The summed E-state index contributed by atoms with van der Waals surface area (Å²) in [5, 5.41) is 3.38. The number of nitrogens with one attached hydrogen (secondary N) is 1. The molecule has 0 unspecified atom stereocenters. The second kappa shape index (κ2) is 6.30. The van der Waals surface area contributed by atoms with Gasteiger partial charge in [-0.2, -0.15) is 0 Å². The lowest BCUT2D eigenvalue weighted by Gasteiger charge is -2.23. The van der Waals surface area contributed by atoms with Gasteiger partial charge in [0.05, 0.1) is 11.3 Å². The SMILES string of the molecule is O=C1C[C@@H](c2ccc(F)cc2)Cc2nc(NC3CCCC3)ncc21. The standard InChI is InChI=1S/C19H20FN3O/c20-14-7-5-12(6-8-14)13-9-17-16(18(24)10-13)11-21-19(23-17)22-15-3-1-2-4-15/h5-8,11,13,15H,1-4,9-10H2,(H,21,22,23)/t13-/m0/s1. The van der Waals surface area contributed by atoms with Crippen LogP contribution in [0.15, 0.2) is 30.5 Å². The molecule has 1 heterocycles. The Hall–Kier alpha value is -2.30. The van der Waals surface area contributed by atoms with Gasteiger partial charge in [0.1, 0.15) is 5.82 Å². The Kier molecular flexibility index (Phi) is 4.00. The highest BCUT2D eigenvalue weighted by atomic mass is 19.1. The Labute approximate surface area is 140 Å². The van der Waals surface area contributed by atoms with Crippen LogP contribution in [0.25, 0.3) is 0 Å². The Morgan fingerprint density at radius 2 is 1.83 bits per heavy atom. The zero-order valence-corrected chi connectivity index (χ0v) is 13.5. The van der Waals surface area contributed by atoms with Crippen molar-refractivity contribution in [2.75, 3.05) is 5.32 Å². The first-order valence-corrected chi connectivity index (χ1v) is 8.60. The Balaban J connectivity index is 1.57. The molecule has 0 spiro atoms. The number of ketones is 1. The molecule has 5 heteroatoms. The van der Waals surface area contributed by atoms with Gasteiger partial charge in [0, 0.05) is 18.7 Å². The van der Waals surface area contributed by atoms with Gasteiger partial charge in [-0.1, -0.05) is 25.0 Å². The lowest BCUT2D eigenvalue weighted by molar-refractivity contribution is 0.0962. The molecule has 4 nitrogen and oxygen atoms in total. The number of hydrogen-bond donors (Lipinski definition) is 1. The summed E-state index contributed by atoms with van der Waals surface area (Å²) in [5.74, 6) is 0.484. The van der Waals surface area contributed by atoms with Crippen molar-refractivity contribution < 1.29 is 9.18 Å². The molecule has 24 heavy (non-hydrogen) atoms. The van der Waals surface area contributed by atoms with Gasteiger partial charge in [0.25, 0.3) is 0 Å². The van der Waals surface area contributed by atoms with Crippen molar-refractivity contribution in [1.82, 2.24) is 9.97 Å². The first kappa shape index (κ1) is 15.2. The number of aromatic nitrogens is 2. The molecule has 0 saturated heterocycles. The number of anilines is 1. The third-order valence-corrected chi connectivity index (χ3v) is 5.07. The molecule has 1 aromatic heterocycles. The van der Waals surface area contributed by atoms with E-state index >= 15 is 0 Å². The number of carbonyl (C=O) groups is 1. The number of benzene rings is 1. The molecule has 4 rings (SSSR count). The minimum absolute atomic E-state index is 0.0554. The van der Waals surface area contributed by atoms with Crippen LogP contribution in [-0.2, 0) is 6.42 Å². The predicted molar refractivity (Wildman–Crippen MR) is 89.7 cm³/mol. The van der Waals surface area contributed by atoms with E-state index in [0.29, 0.717) is 30.4 Å². The number of halogens is 1. The van der Waals surface area contributed by atoms with E-state index in [9.17, 15) is 9.18 Å². The monoisotopic (exact) mass is 325 g/mol. The fourth-order valence-corrected chi connectivity index (χ4v) is 3.74. The molecule has 2 aliphatic carbocycles. The number of Topliss-reactive ketones (excluding diaryl/α,β-unsaturated/α-hetero) is 1. The average molecular weight is 325 g/mol. The first-order valence-electron chi connectivity index (χ1n) is 8.60. The Bertz CT molecular complexity index is 754. The third-order valence-electron chi connectivity index (χ3n) is 5.07. The maximum atomic E-state index is 13.1. The van der Waals surface area contributed by atoms with E-state index in [2.05, 4.69) is 15.3 Å². The van der Waals surface area contributed by atoms with E-state index in [1.165, 1.54) is 25.0 Å². The summed E-state index contributed by atoms with van der Waals surface area (Å²) in [5.41, 5.74) is 2.42. The topological polar surface area (TPSA) is 54.9 Å². The molecule has 0 radical (unpaired) electrons. The number of nitrogens with zero attached hydrogens (tertiary/aromatic N) is 2. The maximum Gasteiger partial charge on any atom is 0.223 e. The summed E-state index contributed by atoms with van der Waals surface area (Å²) >= 11 is 0. The molecular weight excluding hydrogens is 305 g/mol. The van der Waals surface area contributed by atoms with Crippen molar-refractivity contribution in [3.05, 3.63) is 53.1 Å². The highest BCUT2D eigenvalue weighted by Gasteiger charge is 2.28. The molecular formula is C19H20FN3O. The molecule has 1 fully saturated rings. The van der Waals surface area contributed by atoms with Crippen LogP contribution in [0.5, 0.6) is 0 Å². The number of rotatable bonds is 3. The molecule has 0 aliphatic heterocycles. The predicted octanol–water partition coefficient (Wildman–Crippen LogP) is 3.88. The zero-order chi connectivity index (χ0) is 16.5. The highest BCUT2D eigenvalue weighted by Crippen LogP contribution is 2.32. The lowest BCUT2D eigenvalue weighted by Crippen LogP contribution is -2.23. The van der Waals surface area contributed by atoms with Gasteiger partial charge in [-0.05, 0) is 42.9 Å². The van der Waals surface area contributed by atoms with Crippen LogP contribution in [0.3, 0.4) is 0 Å². The zero-order valence-electron chi connectivity index (χ0n) is 13.5. The Morgan fingerprint density at radius 1 is 1.08 bits per heavy atom. The normalized spacial score (nSPS) is 20.9. The molecule has 1 aromatic carbocycles. The van der Waals surface area contributed by atoms with Gasteiger partial charge in [0.2, 0.25) is 5.95 Å². The number of hydrogen-bond acceptors (Lipinski definition) is 4. The van der Waals surface area contributed by atoms with Crippen molar-refractivity contribution in [3.8, 4) is 0 Å². The van der Waals surface area contributed by atoms with Crippen LogP contribution < -0.4 is 5.32 Å². The minimum Gasteiger partial charge on any atom is -0.351 e. The van der Waals surface area contributed by atoms with E-state index in [4.69, 9.17) is 0 Å².